The summed E-state index contributed by atoms with van der Waals surface area (Å²) in [7, 11) is 0. The summed E-state index contributed by atoms with van der Waals surface area (Å²) in [5.41, 5.74) is 4.00. The molecule has 126 valence electrons. The number of para-hydroxylation sites is 1. The van der Waals surface area contributed by atoms with Gasteiger partial charge in [0, 0.05) is 29.2 Å². The van der Waals surface area contributed by atoms with E-state index in [9.17, 15) is 0 Å². The average Bonchev–Trinajstić information content (AvgIpc) is 3.29. The van der Waals surface area contributed by atoms with Crippen LogP contribution in [0.25, 0.3) is 33.3 Å². The minimum absolute atomic E-state index is 0.525. The summed E-state index contributed by atoms with van der Waals surface area (Å²) in [4.78, 5) is 7.81. The van der Waals surface area contributed by atoms with E-state index < -0.39 is 0 Å². The van der Waals surface area contributed by atoms with Crippen molar-refractivity contribution < 1.29 is 4.42 Å². The van der Waals surface area contributed by atoms with E-state index >= 15 is 0 Å². The molecule has 0 bridgehead atoms. The van der Waals surface area contributed by atoms with Crippen molar-refractivity contribution in [2.45, 2.75) is 38.1 Å². The van der Waals surface area contributed by atoms with Crippen molar-refractivity contribution in [3.05, 3.63) is 48.8 Å². The summed E-state index contributed by atoms with van der Waals surface area (Å²) < 4.78 is 6.12. The number of anilines is 1. The maximum Gasteiger partial charge on any atom is 0.139 e. The molecule has 25 heavy (non-hydrogen) atoms. The van der Waals surface area contributed by atoms with E-state index in [2.05, 4.69) is 33.5 Å². The van der Waals surface area contributed by atoms with Crippen LogP contribution in [0.2, 0.25) is 0 Å². The van der Waals surface area contributed by atoms with Crippen LogP contribution in [0.1, 0.15) is 32.1 Å². The van der Waals surface area contributed by atoms with Crippen LogP contribution in [0.3, 0.4) is 0 Å². The highest BCUT2D eigenvalue weighted by atomic mass is 16.3. The smallest absolute Gasteiger partial charge is 0.139 e. The fourth-order valence-electron chi connectivity index (χ4n) is 3.92. The van der Waals surface area contributed by atoms with Gasteiger partial charge < -0.3 is 14.7 Å². The predicted molar refractivity (Wildman–Crippen MR) is 102 cm³/mol. The molecule has 0 unspecified atom stereocenters. The summed E-state index contributed by atoms with van der Waals surface area (Å²) in [6, 6.07) is 12.9. The summed E-state index contributed by atoms with van der Waals surface area (Å²) in [6.45, 7) is 0. The molecule has 1 aromatic carbocycles. The highest BCUT2D eigenvalue weighted by Crippen LogP contribution is 2.37. The summed E-state index contributed by atoms with van der Waals surface area (Å²) in [6.07, 6.45) is 10.3. The average molecular weight is 331 g/mol. The van der Waals surface area contributed by atoms with Crippen LogP contribution in [-0.2, 0) is 0 Å². The highest BCUT2D eigenvalue weighted by molar-refractivity contribution is 5.98. The number of pyridine rings is 1. The van der Waals surface area contributed by atoms with Gasteiger partial charge in [0.05, 0.1) is 11.3 Å². The zero-order valence-electron chi connectivity index (χ0n) is 14.1. The molecular weight excluding hydrogens is 310 g/mol. The second-order valence-corrected chi connectivity index (χ2v) is 6.91. The molecule has 0 atom stereocenters. The molecule has 4 aromatic rings. The van der Waals surface area contributed by atoms with Gasteiger partial charge in [-0.15, -0.1) is 0 Å². The topological polar surface area (TPSA) is 53.9 Å². The lowest BCUT2D eigenvalue weighted by Crippen LogP contribution is -2.22. The molecule has 1 fully saturated rings. The first-order valence-corrected chi connectivity index (χ1v) is 9.10. The van der Waals surface area contributed by atoms with Gasteiger partial charge in [-0.2, -0.15) is 0 Å². The highest BCUT2D eigenvalue weighted by Gasteiger charge is 2.19. The number of rotatable bonds is 3. The number of fused-ring (bicyclic) bond motifs is 2. The SMILES string of the molecule is c1ccc2oc(-c3cnc4[nH]ccc4c3NC3CCCCC3)cc2c1. The molecule has 3 heterocycles. The Labute approximate surface area is 146 Å². The zero-order chi connectivity index (χ0) is 16.6. The van der Waals surface area contributed by atoms with Crippen LogP contribution in [0.4, 0.5) is 5.69 Å². The summed E-state index contributed by atoms with van der Waals surface area (Å²) in [5.74, 6) is 0.870. The number of hydrogen-bond acceptors (Lipinski definition) is 3. The Balaban J connectivity index is 1.64. The number of aromatic amines is 1. The molecule has 1 saturated carbocycles. The first kappa shape index (κ1) is 14.6. The molecule has 0 spiro atoms. The molecule has 5 rings (SSSR count). The Morgan fingerprint density at radius 3 is 2.84 bits per heavy atom. The number of H-pyrrole nitrogens is 1. The van der Waals surface area contributed by atoms with Crippen molar-refractivity contribution in [2.75, 3.05) is 5.32 Å². The number of aromatic nitrogens is 2. The second-order valence-electron chi connectivity index (χ2n) is 6.91. The van der Waals surface area contributed by atoms with Crippen LogP contribution in [0.15, 0.2) is 53.2 Å². The maximum atomic E-state index is 6.12. The molecule has 1 aliphatic rings. The molecule has 0 radical (unpaired) electrons. The Bertz CT molecular complexity index is 991. The Hall–Kier alpha value is -2.75. The lowest BCUT2D eigenvalue weighted by atomic mass is 9.95. The number of benzene rings is 1. The molecule has 4 heteroatoms. The van der Waals surface area contributed by atoms with Gasteiger partial charge in [0.25, 0.3) is 0 Å². The van der Waals surface area contributed by atoms with Crippen molar-refractivity contribution in [3.63, 3.8) is 0 Å². The van der Waals surface area contributed by atoms with E-state index in [-0.39, 0.29) is 0 Å². The van der Waals surface area contributed by atoms with Gasteiger partial charge in [0.1, 0.15) is 17.0 Å². The normalized spacial score (nSPS) is 15.8. The van der Waals surface area contributed by atoms with Gasteiger partial charge in [-0.1, -0.05) is 37.5 Å². The van der Waals surface area contributed by atoms with Crippen LogP contribution >= 0.6 is 0 Å². The summed E-state index contributed by atoms with van der Waals surface area (Å²) in [5, 5.41) is 6.05. The van der Waals surface area contributed by atoms with Crippen molar-refractivity contribution in [3.8, 4) is 11.3 Å². The van der Waals surface area contributed by atoms with Gasteiger partial charge >= 0.3 is 0 Å². The number of nitrogens with zero attached hydrogens (tertiary/aromatic N) is 1. The fourth-order valence-corrected chi connectivity index (χ4v) is 3.92. The third-order valence-corrected chi connectivity index (χ3v) is 5.23. The van der Waals surface area contributed by atoms with Crippen molar-refractivity contribution in [2.24, 2.45) is 0 Å². The quantitative estimate of drug-likeness (QED) is 0.505. The van der Waals surface area contributed by atoms with Crippen LogP contribution in [0.5, 0.6) is 0 Å². The molecule has 0 saturated heterocycles. The monoisotopic (exact) mass is 331 g/mol. The van der Waals surface area contributed by atoms with E-state index in [1.165, 1.54) is 32.1 Å². The molecule has 4 nitrogen and oxygen atoms in total. The molecule has 0 amide bonds. The van der Waals surface area contributed by atoms with Gasteiger partial charge in [-0.25, -0.2) is 4.98 Å². The Morgan fingerprint density at radius 2 is 1.96 bits per heavy atom. The lowest BCUT2D eigenvalue weighted by Gasteiger charge is -2.25. The summed E-state index contributed by atoms with van der Waals surface area (Å²) >= 11 is 0. The lowest BCUT2D eigenvalue weighted by molar-refractivity contribution is 0.463. The van der Waals surface area contributed by atoms with Crippen LogP contribution in [0, 0.1) is 0 Å². The molecule has 3 aromatic heterocycles. The number of nitrogens with one attached hydrogen (secondary N) is 2. The minimum atomic E-state index is 0.525. The van der Waals surface area contributed by atoms with Crippen LogP contribution < -0.4 is 5.32 Å². The number of furan rings is 1. The first-order chi connectivity index (χ1) is 12.4. The largest absolute Gasteiger partial charge is 0.456 e. The second kappa shape index (κ2) is 5.96. The predicted octanol–water partition coefficient (Wildman–Crippen LogP) is 5.72. The van der Waals surface area contributed by atoms with Crippen LogP contribution in [-0.4, -0.2) is 16.0 Å². The third kappa shape index (κ3) is 2.58. The fraction of sp³-hybridized carbons (Fsp3) is 0.286. The molecular formula is C21H21N3O. The molecule has 0 aliphatic heterocycles. The Kier molecular flexibility index (Phi) is 3.47. The van der Waals surface area contributed by atoms with Gasteiger partial charge in [-0.3, -0.25) is 0 Å². The van der Waals surface area contributed by atoms with E-state index in [4.69, 9.17) is 4.42 Å². The van der Waals surface area contributed by atoms with Gasteiger partial charge in [-0.05, 0) is 31.0 Å². The third-order valence-electron chi connectivity index (χ3n) is 5.23. The van der Waals surface area contributed by atoms with E-state index in [1.807, 2.05) is 30.6 Å². The van der Waals surface area contributed by atoms with E-state index in [0.29, 0.717) is 6.04 Å². The zero-order valence-corrected chi connectivity index (χ0v) is 14.1. The standard InChI is InChI=1S/C21H21N3O/c1-2-7-15(8-3-1)24-20-16-10-11-22-21(16)23-13-17(20)19-12-14-6-4-5-9-18(14)25-19/h4-6,9-13,15H,1-3,7-8H2,(H2,22,23,24). The molecule has 2 N–H and O–H groups in total. The number of hydrogen-bond donors (Lipinski definition) is 2. The van der Waals surface area contributed by atoms with Crippen molar-refractivity contribution in [1.29, 1.82) is 0 Å². The van der Waals surface area contributed by atoms with Gasteiger partial charge in [0.2, 0.25) is 0 Å². The van der Waals surface area contributed by atoms with Crippen molar-refractivity contribution in [1.82, 2.24) is 9.97 Å². The minimum Gasteiger partial charge on any atom is -0.456 e. The first-order valence-electron chi connectivity index (χ1n) is 9.10. The maximum absolute atomic E-state index is 6.12. The Morgan fingerprint density at radius 1 is 1.08 bits per heavy atom. The van der Waals surface area contributed by atoms with E-state index in [1.54, 1.807) is 0 Å². The van der Waals surface area contributed by atoms with Gasteiger partial charge in [0.15, 0.2) is 0 Å². The van der Waals surface area contributed by atoms with E-state index in [0.717, 1.165) is 39.0 Å². The van der Waals surface area contributed by atoms with Crippen molar-refractivity contribution >= 4 is 27.7 Å². The molecule has 1 aliphatic carbocycles.